The molecule has 1 saturated heterocycles. The first-order chi connectivity index (χ1) is 15.5. The molecule has 184 valence electrons. The zero-order valence-electron chi connectivity index (χ0n) is 18.9. The van der Waals surface area contributed by atoms with E-state index in [-0.39, 0.29) is 30.7 Å². The van der Waals surface area contributed by atoms with E-state index in [9.17, 15) is 4.79 Å². The topological polar surface area (TPSA) is 64.3 Å². The number of piperazine rings is 1. The van der Waals surface area contributed by atoms with E-state index >= 15 is 0 Å². The third-order valence-corrected chi connectivity index (χ3v) is 6.59. The number of H-pyrrole nitrogens is 1. The van der Waals surface area contributed by atoms with Crippen LogP contribution in [0, 0.1) is 6.92 Å². The van der Waals surface area contributed by atoms with Crippen molar-refractivity contribution in [1.29, 1.82) is 0 Å². The van der Waals surface area contributed by atoms with Crippen molar-refractivity contribution in [2.75, 3.05) is 44.2 Å². The number of hydrogen-bond donors (Lipinski definition) is 2. The van der Waals surface area contributed by atoms with Crippen molar-refractivity contribution in [1.82, 2.24) is 20.2 Å². The van der Waals surface area contributed by atoms with Crippen molar-refractivity contribution < 1.29 is 4.79 Å². The number of halogens is 4. The van der Waals surface area contributed by atoms with Crippen LogP contribution in [0.3, 0.4) is 0 Å². The lowest BCUT2D eigenvalue weighted by Crippen LogP contribution is -2.47. The van der Waals surface area contributed by atoms with Crippen LogP contribution in [-0.4, -0.2) is 60.0 Å². The van der Waals surface area contributed by atoms with Crippen LogP contribution in [0.15, 0.2) is 48.7 Å². The Morgan fingerprint density at radius 3 is 2.56 bits per heavy atom. The van der Waals surface area contributed by atoms with Crippen LogP contribution in [-0.2, 0) is 0 Å². The Balaban J connectivity index is 0.00000204. The highest BCUT2D eigenvalue weighted by Crippen LogP contribution is 2.32. The van der Waals surface area contributed by atoms with Gasteiger partial charge in [0.1, 0.15) is 0 Å². The van der Waals surface area contributed by atoms with Gasteiger partial charge in [0.2, 0.25) is 0 Å². The minimum Gasteiger partial charge on any atom is -0.368 e. The van der Waals surface area contributed by atoms with E-state index in [1.54, 1.807) is 6.20 Å². The second-order valence-electron chi connectivity index (χ2n) is 7.95. The molecule has 0 spiro atoms. The Hall–Kier alpha value is -1.96. The van der Waals surface area contributed by atoms with Gasteiger partial charge in [-0.1, -0.05) is 35.3 Å². The zero-order chi connectivity index (χ0) is 22.5. The number of amides is 1. The first-order valence-corrected chi connectivity index (χ1v) is 11.6. The number of hydrogen-bond acceptors (Lipinski definition) is 4. The molecular formula is C24H29Cl4N5O. The summed E-state index contributed by atoms with van der Waals surface area (Å²) in [6, 6.07) is 13.4. The number of aromatic amines is 1. The molecule has 0 aliphatic carbocycles. The van der Waals surface area contributed by atoms with Gasteiger partial charge in [-0.15, -0.1) is 24.8 Å². The monoisotopic (exact) mass is 543 g/mol. The predicted octanol–water partition coefficient (Wildman–Crippen LogP) is 5.48. The quantitative estimate of drug-likeness (QED) is 0.387. The molecule has 1 aliphatic rings. The van der Waals surface area contributed by atoms with E-state index < -0.39 is 0 Å². The van der Waals surface area contributed by atoms with Gasteiger partial charge < -0.3 is 15.2 Å². The molecule has 0 radical (unpaired) electrons. The van der Waals surface area contributed by atoms with E-state index in [1.807, 2.05) is 49.4 Å². The number of rotatable bonds is 7. The maximum atomic E-state index is 12.6. The van der Waals surface area contributed by atoms with E-state index in [4.69, 9.17) is 23.2 Å². The Kier molecular flexibility index (Phi) is 11.0. The maximum absolute atomic E-state index is 12.6. The molecule has 0 unspecified atom stereocenters. The third-order valence-electron chi connectivity index (χ3n) is 5.78. The highest BCUT2D eigenvalue weighted by Gasteiger charge is 2.20. The van der Waals surface area contributed by atoms with Gasteiger partial charge in [0.05, 0.1) is 32.7 Å². The average Bonchev–Trinajstić information content (AvgIpc) is 3.21. The normalized spacial score (nSPS) is 13.7. The number of anilines is 1. The molecule has 0 bridgehead atoms. The van der Waals surface area contributed by atoms with E-state index in [2.05, 4.69) is 25.1 Å². The van der Waals surface area contributed by atoms with Crippen molar-refractivity contribution in [3.8, 4) is 11.4 Å². The van der Waals surface area contributed by atoms with Crippen LogP contribution in [0.2, 0.25) is 10.0 Å². The summed E-state index contributed by atoms with van der Waals surface area (Å²) in [5, 5.41) is 4.26. The Labute approximate surface area is 222 Å². The summed E-state index contributed by atoms with van der Waals surface area (Å²) in [5.74, 6) is -0.0543. The molecule has 1 fully saturated rings. The molecule has 3 aromatic rings. The lowest BCUT2D eigenvalue weighted by Gasteiger charge is -2.36. The van der Waals surface area contributed by atoms with Crippen molar-refractivity contribution in [3.05, 3.63) is 70.0 Å². The molecule has 0 saturated carbocycles. The third kappa shape index (κ3) is 6.80. The second kappa shape index (κ2) is 13.2. The summed E-state index contributed by atoms with van der Waals surface area (Å²) in [7, 11) is 0. The van der Waals surface area contributed by atoms with E-state index in [0.29, 0.717) is 22.2 Å². The van der Waals surface area contributed by atoms with Gasteiger partial charge in [0, 0.05) is 44.6 Å². The highest BCUT2D eigenvalue weighted by atomic mass is 35.5. The first kappa shape index (κ1) is 28.3. The second-order valence-corrected chi connectivity index (χ2v) is 8.73. The van der Waals surface area contributed by atoms with Gasteiger partial charge >= 0.3 is 0 Å². The molecule has 0 atom stereocenters. The smallest absolute Gasteiger partial charge is 0.253 e. The minimum atomic E-state index is -0.0543. The summed E-state index contributed by atoms with van der Waals surface area (Å²) < 4.78 is 0. The summed E-state index contributed by atoms with van der Waals surface area (Å²) >= 11 is 12.5. The van der Waals surface area contributed by atoms with E-state index in [1.165, 1.54) is 0 Å². The number of nitrogens with zero attached hydrogens (tertiary/aromatic N) is 3. The molecule has 6 nitrogen and oxygen atoms in total. The standard InChI is InChI=1S/C24H27Cl2N5O.2ClH/c1-17-18(16-21(29-17)20-7-2-3-9-27-20)24(32)28-10-5-11-30-12-14-31(15-13-30)22-8-4-6-19(25)23(22)26;;/h2-4,6-9,16,29H,5,10-15H2,1H3,(H,28,32);2*1H. The first-order valence-electron chi connectivity index (χ1n) is 10.8. The van der Waals surface area contributed by atoms with Gasteiger partial charge in [-0.2, -0.15) is 0 Å². The fourth-order valence-electron chi connectivity index (χ4n) is 4.00. The van der Waals surface area contributed by atoms with Crippen LogP contribution in [0.4, 0.5) is 5.69 Å². The van der Waals surface area contributed by atoms with Crippen molar-refractivity contribution in [2.24, 2.45) is 0 Å². The van der Waals surface area contributed by atoms with Crippen molar-refractivity contribution in [3.63, 3.8) is 0 Å². The van der Waals surface area contributed by atoms with Crippen molar-refractivity contribution in [2.45, 2.75) is 13.3 Å². The van der Waals surface area contributed by atoms with E-state index in [0.717, 1.165) is 61.9 Å². The summed E-state index contributed by atoms with van der Waals surface area (Å²) in [6.45, 7) is 7.23. The fourth-order valence-corrected chi connectivity index (χ4v) is 4.42. The van der Waals surface area contributed by atoms with Gasteiger partial charge in [0.15, 0.2) is 0 Å². The Morgan fingerprint density at radius 1 is 1.09 bits per heavy atom. The maximum Gasteiger partial charge on any atom is 0.253 e. The highest BCUT2D eigenvalue weighted by molar-refractivity contribution is 6.43. The molecule has 1 aliphatic heterocycles. The summed E-state index contributed by atoms with van der Waals surface area (Å²) in [6.07, 6.45) is 2.65. The number of pyridine rings is 1. The molecule has 2 N–H and O–H groups in total. The summed E-state index contributed by atoms with van der Waals surface area (Å²) in [5.41, 5.74) is 4.19. The number of carbonyl (C=O) groups is 1. The predicted molar refractivity (Wildman–Crippen MR) is 145 cm³/mol. The van der Waals surface area contributed by atoms with Gasteiger partial charge in [-0.3, -0.25) is 14.7 Å². The van der Waals surface area contributed by atoms with Gasteiger partial charge in [0.25, 0.3) is 5.91 Å². The molecule has 2 aromatic heterocycles. The summed E-state index contributed by atoms with van der Waals surface area (Å²) in [4.78, 5) is 24.9. The van der Waals surface area contributed by atoms with Crippen LogP contribution in [0.5, 0.6) is 0 Å². The van der Waals surface area contributed by atoms with Crippen LogP contribution in [0.1, 0.15) is 22.5 Å². The lowest BCUT2D eigenvalue weighted by molar-refractivity contribution is 0.0951. The number of aromatic nitrogens is 2. The lowest BCUT2D eigenvalue weighted by atomic mass is 10.2. The molecule has 1 aromatic carbocycles. The average molecular weight is 545 g/mol. The van der Waals surface area contributed by atoms with Crippen LogP contribution in [0.25, 0.3) is 11.4 Å². The number of benzene rings is 1. The van der Waals surface area contributed by atoms with Crippen LogP contribution < -0.4 is 10.2 Å². The Morgan fingerprint density at radius 2 is 1.85 bits per heavy atom. The molecular weight excluding hydrogens is 516 g/mol. The van der Waals surface area contributed by atoms with Gasteiger partial charge in [-0.25, -0.2) is 0 Å². The van der Waals surface area contributed by atoms with Crippen molar-refractivity contribution >= 4 is 59.6 Å². The molecule has 4 rings (SSSR count). The zero-order valence-corrected chi connectivity index (χ0v) is 22.0. The molecule has 3 heterocycles. The largest absolute Gasteiger partial charge is 0.368 e. The molecule has 34 heavy (non-hydrogen) atoms. The fraction of sp³-hybridized carbons (Fsp3) is 0.333. The Bertz CT molecular complexity index is 1070. The number of aryl methyl sites for hydroxylation is 1. The minimum absolute atomic E-state index is 0. The molecule has 10 heteroatoms. The van der Waals surface area contributed by atoms with Gasteiger partial charge in [-0.05, 0) is 50.2 Å². The number of carbonyl (C=O) groups excluding carboxylic acids is 1. The molecule has 1 amide bonds. The SMILES string of the molecule is Cc1[nH]c(-c2ccccn2)cc1C(=O)NCCCN1CCN(c2cccc(Cl)c2Cl)CC1.Cl.Cl. The number of nitrogens with one attached hydrogen (secondary N) is 2. The van der Waals surface area contributed by atoms with Crippen LogP contribution >= 0.6 is 48.0 Å².